The molecule has 1 heterocycles. The second kappa shape index (κ2) is 5.02. The summed E-state index contributed by atoms with van der Waals surface area (Å²) in [4.78, 5) is 12.3. The summed E-state index contributed by atoms with van der Waals surface area (Å²) in [5, 5.41) is 4.13. The molecule has 0 saturated carbocycles. The molecular formula is C15H18ClNO. The fourth-order valence-corrected chi connectivity index (χ4v) is 3.52. The minimum atomic E-state index is 0.169. The zero-order chi connectivity index (χ0) is 12.5. The van der Waals surface area contributed by atoms with E-state index < -0.39 is 0 Å². The number of carbonyl (C=O) groups is 1. The van der Waals surface area contributed by atoms with E-state index in [0.29, 0.717) is 11.7 Å². The van der Waals surface area contributed by atoms with Crippen LogP contribution in [0, 0.1) is 11.8 Å². The third-order valence-corrected chi connectivity index (χ3v) is 4.64. The normalized spacial score (nSPS) is 24.3. The zero-order valence-corrected chi connectivity index (χ0v) is 11.2. The number of benzene rings is 1. The summed E-state index contributed by atoms with van der Waals surface area (Å²) in [7, 11) is 0. The summed E-state index contributed by atoms with van der Waals surface area (Å²) >= 11 is 6.18. The third-order valence-electron chi connectivity index (χ3n) is 4.28. The molecular weight excluding hydrogens is 246 g/mol. The molecule has 0 aromatic heterocycles. The van der Waals surface area contributed by atoms with Crippen molar-refractivity contribution in [3.63, 3.8) is 0 Å². The molecule has 1 aliphatic heterocycles. The van der Waals surface area contributed by atoms with E-state index in [1.807, 2.05) is 18.2 Å². The fourth-order valence-electron chi connectivity index (χ4n) is 3.27. The smallest absolute Gasteiger partial charge is 0.166 e. The molecule has 0 spiro atoms. The molecule has 3 heteroatoms. The van der Waals surface area contributed by atoms with Crippen LogP contribution in [0.3, 0.4) is 0 Å². The van der Waals surface area contributed by atoms with Crippen LogP contribution in [0.5, 0.6) is 0 Å². The minimum Gasteiger partial charge on any atom is -0.317 e. The number of carbonyl (C=O) groups excluding carboxylic acids is 1. The molecule has 2 nitrogen and oxygen atoms in total. The van der Waals surface area contributed by atoms with Gasteiger partial charge in [0.2, 0.25) is 0 Å². The van der Waals surface area contributed by atoms with Gasteiger partial charge in [-0.1, -0.05) is 23.7 Å². The number of fused-ring (bicyclic) bond motifs is 1. The fraction of sp³-hybridized carbons (Fsp3) is 0.533. The minimum absolute atomic E-state index is 0.169. The van der Waals surface area contributed by atoms with E-state index in [2.05, 4.69) is 5.32 Å². The van der Waals surface area contributed by atoms with Crippen molar-refractivity contribution in [1.82, 2.24) is 5.32 Å². The van der Waals surface area contributed by atoms with Crippen molar-refractivity contribution in [1.29, 1.82) is 0 Å². The van der Waals surface area contributed by atoms with E-state index in [-0.39, 0.29) is 5.92 Å². The van der Waals surface area contributed by atoms with Crippen molar-refractivity contribution in [2.45, 2.75) is 25.7 Å². The van der Waals surface area contributed by atoms with Gasteiger partial charge < -0.3 is 5.32 Å². The van der Waals surface area contributed by atoms with Crippen molar-refractivity contribution in [2.24, 2.45) is 11.8 Å². The zero-order valence-electron chi connectivity index (χ0n) is 10.4. The molecule has 1 fully saturated rings. The first-order valence-corrected chi connectivity index (χ1v) is 7.16. The Labute approximate surface area is 113 Å². The van der Waals surface area contributed by atoms with Crippen molar-refractivity contribution in [2.75, 3.05) is 13.1 Å². The number of hydrogen-bond acceptors (Lipinski definition) is 2. The van der Waals surface area contributed by atoms with Crippen LogP contribution < -0.4 is 5.32 Å². The van der Waals surface area contributed by atoms with Crippen LogP contribution in [0.2, 0.25) is 5.02 Å². The summed E-state index contributed by atoms with van der Waals surface area (Å²) in [6, 6.07) is 5.69. The number of halogens is 1. The van der Waals surface area contributed by atoms with E-state index in [9.17, 15) is 4.79 Å². The number of hydrogen-bond donors (Lipinski definition) is 1. The van der Waals surface area contributed by atoms with Crippen molar-refractivity contribution >= 4 is 17.4 Å². The summed E-state index contributed by atoms with van der Waals surface area (Å²) < 4.78 is 0. The maximum absolute atomic E-state index is 12.3. The lowest BCUT2D eigenvalue weighted by molar-refractivity contribution is 0.0913. The van der Waals surface area contributed by atoms with Gasteiger partial charge in [-0.3, -0.25) is 4.79 Å². The highest BCUT2D eigenvalue weighted by atomic mass is 35.5. The molecule has 0 amide bonds. The van der Waals surface area contributed by atoms with Gasteiger partial charge in [-0.05, 0) is 56.3 Å². The molecule has 1 atom stereocenters. The van der Waals surface area contributed by atoms with Crippen molar-refractivity contribution in [3.8, 4) is 0 Å². The van der Waals surface area contributed by atoms with Gasteiger partial charge in [0.15, 0.2) is 5.78 Å². The largest absolute Gasteiger partial charge is 0.317 e. The average Bonchev–Trinajstić information content (AvgIpc) is 2.70. The first-order valence-electron chi connectivity index (χ1n) is 6.78. The Kier molecular flexibility index (Phi) is 3.40. The molecule has 0 bridgehead atoms. The number of ketones is 1. The van der Waals surface area contributed by atoms with Crippen LogP contribution in [0.25, 0.3) is 0 Å². The van der Waals surface area contributed by atoms with Gasteiger partial charge in [0.05, 0.1) is 0 Å². The van der Waals surface area contributed by atoms with Crippen LogP contribution >= 0.6 is 11.6 Å². The Balaban J connectivity index is 1.73. The van der Waals surface area contributed by atoms with Gasteiger partial charge in [-0.2, -0.15) is 0 Å². The lowest BCUT2D eigenvalue weighted by Gasteiger charge is -2.24. The predicted octanol–water partition coefficient (Wildman–Crippen LogP) is 3.08. The number of rotatable bonds is 2. The molecule has 2 aliphatic rings. The summed E-state index contributed by atoms with van der Waals surface area (Å²) in [5.74, 6) is 1.18. The molecule has 1 aliphatic carbocycles. The van der Waals surface area contributed by atoms with Gasteiger partial charge in [-0.15, -0.1) is 0 Å². The van der Waals surface area contributed by atoms with E-state index >= 15 is 0 Å². The number of nitrogens with one attached hydrogen (secondary N) is 1. The third kappa shape index (κ3) is 2.19. The Bertz CT molecular complexity index is 466. The highest BCUT2D eigenvalue weighted by Gasteiger charge is 2.33. The van der Waals surface area contributed by atoms with Crippen LogP contribution in [-0.4, -0.2) is 18.9 Å². The van der Waals surface area contributed by atoms with Crippen LogP contribution in [-0.2, 0) is 6.42 Å². The molecule has 18 heavy (non-hydrogen) atoms. The van der Waals surface area contributed by atoms with Crippen LogP contribution in [0.4, 0.5) is 0 Å². The maximum Gasteiger partial charge on any atom is 0.166 e. The van der Waals surface area contributed by atoms with Crippen molar-refractivity contribution in [3.05, 3.63) is 34.3 Å². The average molecular weight is 264 g/mol. The Morgan fingerprint density at radius 2 is 2.06 bits per heavy atom. The van der Waals surface area contributed by atoms with E-state index in [0.717, 1.165) is 42.1 Å². The number of Topliss-reactive ketones (excluding diaryl/α,β-unsaturated/α-hetero) is 1. The highest BCUT2D eigenvalue weighted by molar-refractivity contribution is 6.32. The van der Waals surface area contributed by atoms with Gasteiger partial charge in [0.1, 0.15) is 0 Å². The summed E-state index contributed by atoms with van der Waals surface area (Å²) in [5.41, 5.74) is 1.93. The van der Waals surface area contributed by atoms with Gasteiger partial charge >= 0.3 is 0 Å². The maximum atomic E-state index is 12.3. The SMILES string of the molecule is O=C1c2cccc(Cl)c2CC1CC1CCNCC1. The first kappa shape index (κ1) is 12.2. The lowest BCUT2D eigenvalue weighted by Crippen LogP contribution is -2.29. The predicted molar refractivity (Wildman–Crippen MR) is 73.2 cm³/mol. The highest BCUT2D eigenvalue weighted by Crippen LogP contribution is 2.36. The quantitative estimate of drug-likeness (QED) is 0.889. The van der Waals surface area contributed by atoms with E-state index in [4.69, 9.17) is 11.6 Å². The summed E-state index contributed by atoms with van der Waals surface area (Å²) in [6.45, 7) is 2.19. The Hall–Kier alpha value is -0.860. The number of piperidine rings is 1. The molecule has 1 N–H and O–H groups in total. The molecule has 1 aromatic carbocycles. The molecule has 3 rings (SSSR count). The summed E-state index contributed by atoms with van der Waals surface area (Å²) in [6.07, 6.45) is 4.28. The van der Waals surface area contributed by atoms with Gasteiger partial charge in [-0.25, -0.2) is 0 Å². The van der Waals surface area contributed by atoms with Crippen LogP contribution in [0.1, 0.15) is 35.2 Å². The van der Waals surface area contributed by atoms with Gasteiger partial charge in [0, 0.05) is 16.5 Å². The Morgan fingerprint density at radius 1 is 1.28 bits per heavy atom. The topological polar surface area (TPSA) is 29.1 Å². The molecule has 1 saturated heterocycles. The molecule has 1 aromatic rings. The van der Waals surface area contributed by atoms with Crippen LogP contribution in [0.15, 0.2) is 18.2 Å². The monoisotopic (exact) mass is 263 g/mol. The second-order valence-corrected chi connectivity index (χ2v) is 5.87. The van der Waals surface area contributed by atoms with Crippen molar-refractivity contribution < 1.29 is 4.79 Å². The Morgan fingerprint density at radius 3 is 2.78 bits per heavy atom. The molecule has 0 radical (unpaired) electrons. The standard InChI is InChI=1S/C15H18ClNO/c16-14-3-1-2-12-13(14)9-11(15(12)18)8-10-4-6-17-7-5-10/h1-3,10-11,17H,4-9H2. The molecule has 96 valence electrons. The molecule has 1 unspecified atom stereocenters. The van der Waals surface area contributed by atoms with E-state index in [1.54, 1.807) is 0 Å². The van der Waals surface area contributed by atoms with Gasteiger partial charge in [0.25, 0.3) is 0 Å². The first-order chi connectivity index (χ1) is 8.75. The lowest BCUT2D eigenvalue weighted by atomic mass is 9.86. The van der Waals surface area contributed by atoms with E-state index in [1.165, 1.54) is 12.8 Å². The second-order valence-electron chi connectivity index (χ2n) is 5.46.